The van der Waals surface area contributed by atoms with Gasteiger partial charge in [-0.25, -0.2) is 0 Å². The monoisotopic (exact) mass is 210 g/mol. The van der Waals surface area contributed by atoms with Gasteiger partial charge < -0.3 is 10.2 Å². The van der Waals surface area contributed by atoms with Crippen molar-refractivity contribution in [3.05, 3.63) is 28.6 Å². The average Bonchev–Trinajstić information content (AvgIpc) is 2.25. The Hall–Kier alpha value is -1.69. The summed E-state index contributed by atoms with van der Waals surface area (Å²) in [6.45, 7) is 1.48. The van der Waals surface area contributed by atoms with Crippen LogP contribution in [0.3, 0.4) is 0 Å². The van der Waals surface area contributed by atoms with Crippen molar-refractivity contribution in [1.82, 2.24) is 10.3 Å². The van der Waals surface area contributed by atoms with E-state index >= 15 is 0 Å². The third kappa shape index (κ3) is 2.88. The Kier molecular flexibility index (Phi) is 3.99. The molecule has 0 aliphatic rings. The van der Waals surface area contributed by atoms with Crippen LogP contribution in [0.1, 0.15) is 0 Å². The average molecular weight is 210 g/mol. The summed E-state index contributed by atoms with van der Waals surface area (Å²) in [5.74, 6) is 0. The van der Waals surface area contributed by atoms with Crippen LogP contribution in [0.4, 0.5) is 11.4 Å². The van der Waals surface area contributed by atoms with E-state index in [9.17, 15) is 10.1 Å². The van der Waals surface area contributed by atoms with Gasteiger partial charge in [0.05, 0.1) is 4.92 Å². The summed E-state index contributed by atoms with van der Waals surface area (Å²) < 4.78 is 0. The molecular formula is C9H14N4O2. The number of aromatic nitrogens is 1. The third-order valence-electron chi connectivity index (χ3n) is 2.08. The molecule has 0 bridgehead atoms. The van der Waals surface area contributed by atoms with Gasteiger partial charge >= 0.3 is 5.69 Å². The van der Waals surface area contributed by atoms with Gasteiger partial charge in [-0.15, -0.1) is 0 Å². The molecule has 0 radical (unpaired) electrons. The molecule has 0 saturated heterocycles. The normalized spacial score (nSPS) is 10.0. The molecule has 0 amide bonds. The SMILES string of the molecule is CNCCN(C)c1ccncc1[N+](=O)[O-]. The van der Waals surface area contributed by atoms with Crippen molar-refractivity contribution in [3.8, 4) is 0 Å². The van der Waals surface area contributed by atoms with Crippen LogP contribution in [0.5, 0.6) is 0 Å². The molecule has 1 aromatic heterocycles. The largest absolute Gasteiger partial charge is 0.368 e. The number of hydrogen-bond acceptors (Lipinski definition) is 5. The fraction of sp³-hybridized carbons (Fsp3) is 0.444. The van der Waals surface area contributed by atoms with Crippen molar-refractivity contribution in [2.24, 2.45) is 0 Å². The van der Waals surface area contributed by atoms with Crippen molar-refractivity contribution in [1.29, 1.82) is 0 Å². The highest BCUT2D eigenvalue weighted by atomic mass is 16.6. The first kappa shape index (κ1) is 11.4. The molecule has 0 saturated carbocycles. The fourth-order valence-corrected chi connectivity index (χ4v) is 1.24. The van der Waals surface area contributed by atoms with E-state index in [0.29, 0.717) is 12.2 Å². The summed E-state index contributed by atoms with van der Waals surface area (Å²) in [5.41, 5.74) is 0.626. The molecule has 0 atom stereocenters. The molecule has 1 aromatic rings. The van der Waals surface area contributed by atoms with Gasteiger partial charge in [0.25, 0.3) is 0 Å². The second kappa shape index (κ2) is 5.26. The van der Waals surface area contributed by atoms with Crippen LogP contribution in [0, 0.1) is 10.1 Å². The van der Waals surface area contributed by atoms with Crippen molar-refractivity contribution >= 4 is 11.4 Å². The fourth-order valence-electron chi connectivity index (χ4n) is 1.24. The number of pyridine rings is 1. The van der Waals surface area contributed by atoms with Gasteiger partial charge in [-0.1, -0.05) is 0 Å². The Bertz CT molecular complexity index is 343. The van der Waals surface area contributed by atoms with Crippen LogP contribution >= 0.6 is 0 Å². The number of nitrogens with one attached hydrogen (secondary N) is 1. The Labute approximate surface area is 88.1 Å². The molecule has 6 nitrogen and oxygen atoms in total. The van der Waals surface area contributed by atoms with Crippen LogP contribution in [0.2, 0.25) is 0 Å². The highest BCUT2D eigenvalue weighted by Gasteiger charge is 2.15. The molecule has 15 heavy (non-hydrogen) atoms. The van der Waals surface area contributed by atoms with Gasteiger partial charge in [-0.3, -0.25) is 15.1 Å². The molecule has 0 spiro atoms. The highest BCUT2D eigenvalue weighted by Crippen LogP contribution is 2.24. The van der Waals surface area contributed by atoms with Crippen LogP contribution in [-0.4, -0.2) is 37.1 Å². The molecule has 0 fully saturated rings. The Morgan fingerprint density at radius 3 is 3.00 bits per heavy atom. The molecule has 6 heteroatoms. The molecule has 0 aromatic carbocycles. The molecule has 1 rings (SSSR count). The summed E-state index contributed by atoms with van der Waals surface area (Å²) in [4.78, 5) is 15.9. The van der Waals surface area contributed by atoms with Crippen molar-refractivity contribution < 1.29 is 4.92 Å². The summed E-state index contributed by atoms with van der Waals surface area (Å²) in [6.07, 6.45) is 2.82. The lowest BCUT2D eigenvalue weighted by molar-refractivity contribution is -0.384. The van der Waals surface area contributed by atoms with E-state index in [4.69, 9.17) is 0 Å². The third-order valence-corrected chi connectivity index (χ3v) is 2.08. The van der Waals surface area contributed by atoms with Crippen LogP contribution in [0.15, 0.2) is 18.5 Å². The van der Waals surface area contributed by atoms with Gasteiger partial charge in [0.1, 0.15) is 11.9 Å². The van der Waals surface area contributed by atoms with E-state index in [1.54, 1.807) is 12.3 Å². The van der Waals surface area contributed by atoms with Crippen LogP contribution in [0.25, 0.3) is 0 Å². The van der Waals surface area contributed by atoms with Gasteiger partial charge in [-0.2, -0.15) is 0 Å². The van der Waals surface area contributed by atoms with Crippen molar-refractivity contribution in [3.63, 3.8) is 0 Å². The summed E-state index contributed by atoms with van der Waals surface area (Å²) >= 11 is 0. The van der Waals surface area contributed by atoms with E-state index in [1.807, 2.05) is 19.0 Å². The number of rotatable bonds is 5. The van der Waals surface area contributed by atoms with Gasteiger partial charge in [0.2, 0.25) is 0 Å². The summed E-state index contributed by atoms with van der Waals surface area (Å²) in [5, 5.41) is 13.7. The van der Waals surface area contributed by atoms with Gasteiger partial charge in [0, 0.05) is 26.3 Å². The number of anilines is 1. The molecular weight excluding hydrogens is 196 g/mol. The maximum absolute atomic E-state index is 10.7. The predicted molar refractivity (Wildman–Crippen MR) is 58.1 cm³/mol. The molecule has 0 aliphatic carbocycles. The van der Waals surface area contributed by atoms with Crippen molar-refractivity contribution in [2.45, 2.75) is 0 Å². The summed E-state index contributed by atoms with van der Waals surface area (Å²) in [7, 11) is 3.66. The lowest BCUT2D eigenvalue weighted by Crippen LogP contribution is -2.27. The van der Waals surface area contributed by atoms with E-state index in [1.165, 1.54) is 6.20 Å². The first-order valence-electron chi connectivity index (χ1n) is 4.61. The number of hydrogen-bond donors (Lipinski definition) is 1. The maximum Gasteiger partial charge on any atom is 0.310 e. The quantitative estimate of drug-likeness (QED) is 0.570. The summed E-state index contributed by atoms with van der Waals surface area (Å²) in [6, 6.07) is 1.65. The molecule has 1 N–H and O–H groups in total. The highest BCUT2D eigenvalue weighted by molar-refractivity contribution is 5.61. The zero-order chi connectivity index (χ0) is 11.3. The smallest absolute Gasteiger partial charge is 0.310 e. The lowest BCUT2D eigenvalue weighted by atomic mass is 10.3. The van der Waals surface area contributed by atoms with Crippen LogP contribution in [-0.2, 0) is 0 Å². The lowest BCUT2D eigenvalue weighted by Gasteiger charge is -2.18. The minimum atomic E-state index is -0.418. The number of likely N-dealkylation sites (N-methyl/N-ethyl adjacent to an activating group) is 2. The van der Waals surface area contributed by atoms with E-state index in [-0.39, 0.29) is 5.69 Å². The zero-order valence-corrected chi connectivity index (χ0v) is 8.80. The molecule has 82 valence electrons. The molecule has 0 unspecified atom stereocenters. The standard InChI is InChI=1S/C9H14N4O2/c1-10-5-6-12(2)8-3-4-11-7-9(8)13(14)15/h3-4,7,10H,5-6H2,1-2H3. The second-order valence-electron chi connectivity index (χ2n) is 3.15. The number of nitrogens with zero attached hydrogens (tertiary/aromatic N) is 3. The maximum atomic E-state index is 10.7. The topological polar surface area (TPSA) is 71.3 Å². The molecule has 0 aliphatic heterocycles. The zero-order valence-electron chi connectivity index (χ0n) is 8.80. The van der Waals surface area contributed by atoms with Crippen LogP contribution < -0.4 is 10.2 Å². The predicted octanol–water partition coefficient (Wildman–Crippen LogP) is 0.645. The van der Waals surface area contributed by atoms with E-state index in [0.717, 1.165) is 6.54 Å². The molecule has 1 heterocycles. The van der Waals surface area contributed by atoms with Gasteiger partial charge in [-0.05, 0) is 13.1 Å². The first-order chi connectivity index (χ1) is 7.16. The Balaban J connectivity index is 2.87. The second-order valence-corrected chi connectivity index (χ2v) is 3.15. The van der Waals surface area contributed by atoms with Crippen molar-refractivity contribution in [2.75, 3.05) is 32.1 Å². The number of nitro groups is 1. The van der Waals surface area contributed by atoms with E-state index in [2.05, 4.69) is 10.3 Å². The minimum absolute atomic E-state index is 0.0381. The van der Waals surface area contributed by atoms with Gasteiger partial charge in [0.15, 0.2) is 0 Å². The minimum Gasteiger partial charge on any atom is -0.368 e. The Morgan fingerprint density at radius 1 is 1.67 bits per heavy atom. The Morgan fingerprint density at radius 2 is 2.40 bits per heavy atom. The van der Waals surface area contributed by atoms with E-state index < -0.39 is 4.92 Å². The first-order valence-corrected chi connectivity index (χ1v) is 4.61.